The molecule has 0 radical (unpaired) electrons. The topological polar surface area (TPSA) is 66.8 Å². The third-order valence-electron chi connectivity index (χ3n) is 2.93. The molecule has 0 spiro atoms. The molecule has 1 rings (SSSR count). The zero-order chi connectivity index (χ0) is 16.2. The van der Waals surface area contributed by atoms with E-state index in [2.05, 4.69) is 0 Å². The van der Waals surface area contributed by atoms with E-state index in [1.54, 1.807) is 4.90 Å². The SMILES string of the molecule is CC(C)N(C(=O)COc1ccc(Cl)c(C(=O)O)c1)C(C)C. The van der Waals surface area contributed by atoms with Crippen LogP contribution in [0.2, 0.25) is 5.02 Å². The largest absolute Gasteiger partial charge is 0.484 e. The summed E-state index contributed by atoms with van der Waals surface area (Å²) in [5.74, 6) is -0.979. The highest BCUT2D eigenvalue weighted by atomic mass is 35.5. The van der Waals surface area contributed by atoms with Gasteiger partial charge in [-0.15, -0.1) is 0 Å². The maximum Gasteiger partial charge on any atom is 0.337 e. The van der Waals surface area contributed by atoms with Gasteiger partial charge in [0.25, 0.3) is 5.91 Å². The van der Waals surface area contributed by atoms with E-state index < -0.39 is 5.97 Å². The van der Waals surface area contributed by atoms with Crippen LogP contribution in [0.1, 0.15) is 38.1 Å². The van der Waals surface area contributed by atoms with Crippen molar-refractivity contribution >= 4 is 23.5 Å². The Morgan fingerprint density at radius 3 is 2.29 bits per heavy atom. The molecule has 0 aliphatic heterocycles. The summed E-state index contributed by atoms with van der Waals surface area (Å²) < 4.78 is 5.38. The molecule has 0 aliphatic carbocycles. The van der Waals surface area contributed by atoms with E-state index in [0.717, 1.165) is 0 Å². The maximum absolute atomic E-state index is 12.1. The predicted octanol–water partition coefficient (Wildman–Crippen LogP) is 3.06. The van der Waals surface area contributed by atoms with Crippen molar-refractivity contribution in [3.63, 3.8) is 0 Å². The first-order valence-electron chi connectivity index (χ1n) is 6.70. The minimum Gasteiger partial charge on any atom is -0.484 e. The zero-order valence-corrected chi connectivity index (χ0v) is 13.3. The van der Waals surface area contributed by atoms with E-state index >= 15 is 0 Å². The molecule has 21 heavy (non-hydrogen) atoms. The van der Waals surface area contributed by atoms with Gasteiger partial charge >= 0.3 is 5.97 Å². The van der Waals surface area contributed by atoms with E-state index in [9.17, 15) is 9.59 Å². The number of nitrogens with zero attached hydrogens (tertiary/aromatic N) is 1. The smallest absolute Gasteiger partial charge is 0.337 e. The molecule has 1 aromatic rings. The first kappa shape index (κ1) is 17.3. The zero-order valence-electron chi connectivity index (χ0n) is 12.6. The average molecular weight is 314 g/mol. The Morgan fingerprint density at radius 1 is 1.24 bits per heavy atom. The maximum atomic E-state index is 12.1. The van der Waals surface area contributed by atoms with E-state index in [1.165, 1.54) is 18.2 Å². The first-order valence-corrected chi connectivity index (χ1v) is 7.08. The van der Waals surface area contributed by atoms with Crippen molar-refractivity contribution < 1.29 is 19.4 Å². The number of halogens is 1. The van der Waals surface area contributed by atoms with Crippen molar-refractivity contribution in [3.05, 3.63) is 28.8 Å². The third kappa shape index (κ3) is 4.63. The van der Waals surface area contributed by atoms with Gasteiger partial charge in [-0.3, -0.25) is 4.79 Å². The first-order chi connectivity index (χ1) is 9.73. The quantitative estimate of drug-likeness (QED) is 0.876. The highest BCUT2D eigenvalue weighted by molar-refractivity contribution is 6.33. The molecule has 0 aromatic heterocycles. The fourth-order valence-electron chi connectivity index (χ4n) is 2.15. The Kier molecular flexibility index (Phi) is 6.03. The lowest BCUT2D eigenvalue weighted by Gasteiger charge is -2.30. The number of rotatable bonds is 6. The highest BCUT2D eigenvalue weighted by Crippen LogP contribution is 2.22. The van der Waals surface area contributed by atoms with Gasteiger partial charge in [0.1, 0.15) is 5.75 Å². The molecule has 1 amide bonds. The van der Waals surface area contributed by atoms with Crippen LogP contribution in [0, 0.1) is 0 Å². The number of carboxylic acid groups (broad SMARTS) is 1. The van der Waals surface area contributed by atoms with Gasteiger partial charge in [-0.2, -0.15) is 0 Å². The molecular formula is C15H20ClNO4. The molecule has 1 aromatic carbocycles. The molecule has 0 heterocycles. The summed E-state index contributed by atoms with van der Waals surface area (Å²) in [5.41, 5.74) is -0.0498. The lowest BCUT2D eigenvalue weighted by Crippen LogP contribution is -2.44. The number of aromatic carboxylic acids is 1. The Labute approximate surface area is 129 Å². The second-order valence-corrected chi connectivity index (χ2v) is 5.63. The summed E-state index contributed by atoms with van der Waals surface area (Å²) >= 11 is 5.78. The molecule has 0 saturated heterocycles. The van der Waals surface area contributed by atoms with Gasteiger partial charge in [0.2, 0.25) is 0 Å². The molecule has 0 unspecified atom stereocenters. The van der Waals surface area contributed by atoms with Crippen LogP contribution in [-0.2, 0) is 4.79 Å². The summed E-state index contributed by atoms with van der Waals surface area (Å²) in [6.45, 7) is 7.59. The molecule has 0 atom stereocenters. The van der Waals surface area contributed by atoms with Crippen molar-refractivity contribution in [2.24, 2.45) is 0 Å². The Morgan fingerprint density at radius 2 is 1.81 bits per heavy atom. The van der Waals surface area contributed by atoms with Crippen LogP contribution in [0.5, 0.6) is 5.75 Å². The molecule has 116 valence electrons. The van der Waals surface area contributed by atoms with Gasteiger partial charge in [0.15, 0.2) is 6.61 Å². The molecule has 0 saturated carbocycles. The summed E-state index contributed by atoms with van der Waals surface area (Å²) in [6, 6.07) is 4.43. The van der Waals surface area contributed by atoms with Crippen molar-refractivity contribution in [1.82, 2.24) is 4.90 Å². The van der Waals surface area contributed by atoms with Crippen LogP contribution in [-0.4, -0.2) is 40.6 Å². The van der Waals surface area contributed by atoms with Crippen LogP contribution in [0.4, 0.5) is 0 Å². The lowest BCUT2D eigenvalue weighted by molar-refractivity contribution is -0.136. The van der Waals surface area contributed by atoms with E-state index in [1.807, 2.05) is 27.7 Å². The monoisotopic (exact) mass is 313 g/mol. The summed E-state index contributed by atoms with van der Waals surface area (Å²) in [5, 5.41) is 9.12. The Bertz CT molecular complexity index is 520. The second kappa shape index (κ2) is 7.31. The number of amides is 1. The highest BCUT2D eigenvalue weighted by Gasteiger charge is 2.20. The normalized spacial score (nSPS) is 10.8. The number of ether oxygens (including phenoxy) is 1. The molecule has 0 bridgehead atoms. The Balaban J connectivity index is 2.77. The Hall–Kier alpha value is -1.75. The van der Waals surface area contributed by atoms with Crippen LogP contribution in [0.3, 0.4) is 0 Å². The predicted molar refractivity (Wildman–Crippen MR) is 81.0 cm³/mol. The standard InChI is InChI=1S/C15H20ClNO4/c1-9(2)17(10(3)4)14(18)8-21-11-5-6-13(16)12(7-11)15(19)20/h5-7,9-10H,8H2,1-4H3,(H,19,20). The fraction of sp³-hybridized carbons (Fsp3) is 0.467. The average Bonchev–Trinajstić information content (AvgIpc) is 2.36. The van der Waals surface area contributed by atoms with Gasteiger partial charge in [0.05, 0.1) is 10.6 Å². The fourth-order valence-corrected chi connectivity index (χ4v) is 2.35. The van der Waals surface area contributed by atoms with Crippen molar-refractivity contribution in [1.29, 1.82) is 0 Å². The lowest BCUT2D eigenvalue weighted by atomic mass is 10.2. The third-order valence-corrected chi connectivity index (χ3v) is 3.26. The van der Waals surface area contributed by atoms with E-state index in [4.69, 9.17) is 21.4 Å². The molecule has 1 N–H and O–H groups in total. The van der Waals surface area contributed by atoms with Gasteiger partial charge in [0, 0.05) is 12.1 Å². The van der Waals surface area contributed by atoms with Crippen LogP contribution < -0.4 is 4.74 Å². The van der Waals surface area contributed by atoms with Crippen molar-refractivity contribution in [3.8, 4) is 5.75 Å². The molecule has 5 nitrogen and oxygen atoms in total. The van der Waals surface area contributed by atoms with Crippen LogP contribution >= 0.6 is 11.6 Å². The number of carboxylic acids is 1. The van der Waals surface area contributed by atoms with Crippen LogP contribution in [0.15, 0.2) is 18.2 Å². The summed E-state index contributed by atoms with van der Waals surface area (Å²) in [7, 11) is 0. The number of hydrogen-bond acceptors (Lipinski definition) is 3. The summed E-state index contributed by atoms with van der Waals surface area (Å²) in [6.07, 6.45) is 0. The van der Waals surface area contributed by atoms with Gasteiger partial charge < -0.3 is 14.7 Å². The number of hydrogen-bond donors (Lipinski definition) is 1. The van der Waals surface area contributed by atoms with Crippen LogP contribution in [0.25, 0.3) is 0 Å². The van der Waals surface area contributed by atoms with Gasteiger partial charge in [-0.25, -0.2) is 4.79 Å². The molecule has 0 fully saturated rings. The number of carbonyl (C=O) groups is 2. The molecule has 6 heteroatoms. The van der Waals surface area contributed by atoms with Crippen molar-refractivity contribution in [2.45, 2.75) is 39.8 Å². The van der Waals surface area contributed by atoms with Gasteiger partial charge in [-0.1, -0.05) is 11.6 Å². The summed E-state index contributed by atoms with van der Waals surface area (Å²) in [4.78, 5) is 24.8. The van der Waals surface area contributed by atoms with Crippen molar-refractivity contribution in [2.75, 3.05) is 6.61 Å². The number of benzene rings is 1. The molecular weight excluding hydrogens is 294 g/mol. The van der Waals surface area contributed by atoms with E-state index in [0.29, 0.717) is 5.75 Å². The molecule has 0 aliphatic rings. The van der Waals surface area contributed by atoms with Gasteiger partial charge in [-0.05, 0) is 45.9 Å². The number of carbonyl (C=O) groups excluding carboxylic acids is 1. The minimum atomic E-state index is -1.14. The van der Waals surface area contributed by atoms with E-state index in [-0.39, 0.29) is 35.2 Å². The second-order valence-electron chi connectivity index (χ2n) is 5.22. The minimum absolute atomic E-state index is 0.0498.